The van der Waals surface area contributed by atoms with Crippen molar-refractivity contribution < 1.29 is 13.2 Å². The van der Waals surface area contributed by atoms with Crippen LogP contribution in [-0.2, 0) is 16.4 Å². The molecule has 5 nitrogen and oxygen atoms in total. The van der Waals surface area contributed by atoms with Gasteiger partial charge < -0.3 is 4.90 Å². The highest BCUT2D eigenvalue weighted by Gasteiger charge is 2.29. The summed E-state index contributed by atoms with van der Waals surface area (Å²) >= 11 is 0. The molecule has 4 rings (SSSR count). The van der Waals surface area contributed by atoms with Gasteiger partial charge in [0.05, 0.1) is 10.6 Å². The van der Waals surface area contributed by atoms with Gasteiger partial charge in [0.15, 0.2) is 0 Å². The van der Waals surface area contributed by atoms with Gasteiger partial charge in [-0.3, -0.25) is 9.10 Å². The quantitative estimate of drug-likeness (QED) is 0.524. The van der Waals surface area contributed by atoms with E-state index in [9.17, 15) is 13.2 Å². The number of amides is 1. The van der Waals surface area contributed by atoms with Crippen molar-refractivity contribution in [2.24, 2.45) is 0 Å². The summed E-state index contributed by atoms with van der Waals surface area (Å²) in [6, 6.07) is 25.8. The van der Waals surface area contributed by atoms with E-state index in [0.717, 1.165) is 32.2 Å². The molecule has 1 atom stereocenters. The van der Waals surface area contributed by atoms with Gasteiger partial charge in [-0.25, -0.2) is 8.42 Å². The molecule has 0 saturated carbocycles. The molecule has 3 aromatic rings. The number of rotatable bonds is 7. The van der Waals surface area contributed by atoms with Crippen molar-refractivity contribution in [2.75, 3.05) is 17.9 Å². The van der Waals surface area contributed by atoms with Gasteiger partial charge in [-0.05, 0) is 67.6 Å². The van der Waals surface area contributed by atoms with Crippen LogP contribution in [0.4, 0.5) is 5.69 Å². The summed E-state index contributed by atoms with van der Waals surface area (Å²) in [5.41, 5.74) is 2.40. The molecule has 1 aliphatic rings. The standard InChI is InChI=1S/C26H28N2O3S/c1-27(23-11-6-3-7-12-23)32(30,31)25-18-15-22(16-19-25)26(29)28-20-8-13-24(28)17-14-21-9-4-2-5-10-21/h2-7,9-12,15-16,18-19,24H,8,13-14,17,20H2,1H3. The average molecular weight is 449 g/mol. The van der Waals surface area contributed by atoms with Crippen LogP contribution in [0.3, 0.4) is 0 Å². The van der Waals surface area contributed by atoms with Crippen molar-refractivity contribution in [3.05, 3.63) is 96.1 Å². The predicted octanol–water partition coefficient (Wildman–Crippen LogP) is 4.75. The molecule has 6 heteroatoms. The third-order valence-electron chi connectivity index (χ3n) is 6.13. The predicted molar refractivity (Wildman–Crippen MR) is 127 cm³/mol. The van der Waals surface area contributed by atoms with E-state index >= 15 is 0 Å². The summed E-state index contributed by atoms with van der Waals surface area (Å²) in [6.07, 6.45) is 3.88. The molecule has 0 radical (unpaired) electrons. The minimum Gasteiger partial charge on any atom is -0.336 e. The molecule has 1 aliphatic heterocycles. The van der Waals surface area contributed by atoms with E-state index in [1.54, 1.807) is 36.4 Å². The number of aryl methyl sites for hydroxylation is 1. The topological polar surface area (TPSA) is 57.7 Å². The Bertz CT molecular complexity index is 1150. The molecule has 32 heavy (non-hydrogen) atoms. The molecule has 1 saturated heterocycles. The molecule has 1 amide bonds. The fraction of sp³-hybridized carbons (Fsp3) is 0.269. The maximum absolute atomic E-state index is 13.2. The average Bonchev–Trinajstić information content (AvgIpc) is 3.31. The minimum atomic E-state index is -3.70. The molecule has 0 bridgehead atoms. The lowest BCUT2D eigenvalue weighted by Crippen LogP contribution is -2.35. The normalized spacial score (nSPS) is 16.2. The van der Waals surface area contributed by atoms with E-state index in [1.165, 1.54) is 29.0 Å². The number of sulfonamides is 1. The van der Waals surface area contributed by atoms with Crippen LogP contribution in [0.2, 0.25) is 0 Å². The first-order valence-corrected chi connectivity index (χ1v) is 12.4. The van der Waals surface area contributed by atoms with Crippen LogP contribution in [0, 0.1) is 0 Å². The van der Waals surface area contributed by atoms with Gasteiger partial charge in [0.1, 0.15) is 0 Å². The Morgan fingerprint density at radius 2 is 1.56 bits per heavy atom. The van der Waals surface area contributed by atoms with E-state index in [1.807, 2.05) is 29.2 Å². The number of para-hydroxylation sites is 1. The summed E-state index contributed by atoms with van der Waals surface area (Å²) in [4.78, 5) is 15.3. The first kappa shape index (κ1) is 22.1. The Kier molecular flexibility index (Phi) is 6.61. The second kappa shape index (κ2) is 9.57. The second-order valence-corrected chi connectivity index (χ2v) is 10.1. The molecule has 0 spiro atoms. The van der Waals surface area contributed by atoms with Crippen molar-refractivity contribution in [3.8, 4) is 0 Å². The Morgan fingerprint density at radius 3 is 2.22 bits per heavy atom. The maximum Gasteiger partial charge on any atom is 0.264 e. The number of hydrogen-bond acceptors (Lipinski definition) is 3. The zero-order valence-electron chi connectivity index (χ0n) is 18.2. The third kappa shape index (κ3) is 4.70. The molecule has 1 unspecified atom stereocenters. The van der Waals surface area contributed by atoms with E-state index in [2.05, 4.69) is 12.1 Å². The number of likely N-dealkylation sites (tertiary alicyclic amines) is 1. The van der Waals surface area contributed by atoms with E-state index in [4.69, 9.17) is 0 Å². The van der Waals surface area contributed by atoms with Gasteiger partial charge in [-0.15, -0.1) is 0 Å². The van der Waals surface area contributed by atoms with E-state index < -0.39 is 10.0 Å². The highest BCUT2D eigenvalue weighted by atomic mass is 32.2. The number of benzene rings is 3. The SMILES string of the molecule is CN(c1ccccc1)S(=O)(=O)c1ccc(C(=O)N2CCCC2CCc2ccccc2)cc1. The number of anilines is 1. The second-order valence-electron chi connectivity index (χ2n) is 8.15. The molecule has 166 valence electrons. The van der Waals surface area contributed by atoms with Crippen LogP contribution in [0.1, 0.15) is 35.2 Å². The first-order valence-electron chi connectivity index (χ1n) is 11.0. The van der Waals surface area contributed by atoms with E-state index in [-0.39, 0.29) is 16.8 Å². The zero-order valence-corrected chi connectivity index (χ0v) is 19.0. The molecule has 1 heterocycles. The van der Waals surface area contributed by atoms with Crippen molar-refractivity contribution >= 4 is 21.6 Å². The summed E-state index contributed by atoms with van der Waals surface area (Å²) in [7, 11) is -2.16. The van der Waals surface area contributed by atoms with Crippen molar-refractivity contribution in [3.63, 3.8) is 0 Å². The molecule has 0 N–H and O–H groups in total. The van der Waals surface area contributed by atoms with Gasteiger partial charge in [0.25, 0.3) is 15.9 Å². The monoisotopic (exact) mass is 448 g/mol. The lowest BCUT2D eigenvalue weighted by Gasteiger charge is -2.25. The highest BCUT2D eigenvalue weighted by molar-refractivity contribution is 7.92. The van der Waals surface area contributed by atoms with Gasteiger partial charge in [0, 0.05) is 25.2 Å². The van der Waals surface area contributed by atoms with Crippen LogP contribution in [0.25, 0.3) is 0 Å². The molecule has 0 aliphatic carbocycles. The number of nitrogens with zero attached hydrogens (tertiary/aromatic N) is 2. The first-order chi connectivity index (χ1) is 15.5. The number of carbonyl (C=O) groups is 1. The van der Waals surface area contributed by atoms with Crippen LogP contribution in [0.15, 0.2) is 89.8 Å². The van der Waals surface area contributed by atoms with Crippen LogP contribution in [-0.4, -0.2) is 38.9 Å². The summed E-state index contributed by atoms with van der Waals surface area (Å²) < 4.78 is 27.2. The minimum absolute atomic E-state index is 0.0269. The molecule has 0 aromatic heterocycles. The summed E-state index contributed by atoms with van der Waals surface area (Å²) in [5.74, 6) is -0.0269. The lowest BCUT2D eigenvalue weighted by atomic mass is 10.0. The maximum atomic E-state index is 13.2. The van der Waals surface area contributed by atoms with E-state index in [0.29, 0.717) is 11.3 Å². The Morgan fingerprint density at radius 1 is 0.938 bits per heavy atom. The van der Waals surface area contributed by atoms with Crippen molar-refractivity contribution in [1.82, 2.24) is 4.90 Å². The van der Waals surface area contributed by atoms with Crippen molar-refractivity contribution in [1.29, 1.82) is 0 Å². The van der Waals surface area contributed by atoms with Gasteiger partial charge in [0.2, 0.25) is 0 Å². The van der Waals surface area contributed by atoms with Crippen molar-refractivity contribution in [2.45, 2.75) is 36.6 Å². The lowest BCUT2D eigenvalue weighted by molar-refractivity contribution is 0.0730. The highest BCUT2D eigenvalue weighted by Crippen LogP contribution is 2.26. The van der Waals surface area contributed by atoms with Crippen LogP contribution in [0.5, 0.6) is 0 Å². The van der Waals surface area contributed by atoms with Crippen LogP contribution < -0.4 is 4.31 Å². The largest absolute Gasteiger partial charge is 0.336 e. The molecule has 1 fully saturated rings. The fourth-order valence-corrected chi connectivity index (χ4v) is 5.45. The van der Waals surface area contributed by atoms with Gasteiger partial charge in [-0.2, -0.15) is 0 Å². The smallest absolute Gasteiger partial charge is 0.264 e. The third-order valence-corrected chi connectivity index (χ3v) is 7.93. The Hall–Kier alpha value is -3.12. The van der Waals surface area contributed by atoms with Gasteiger partial charge >= 0.3 is 0 Å². The van der Waals surface area contributed by atoms with Crippen LogP contribution >= 0.6 is 0 Å². The number of carbonyl (C=O) groups excluding carboxylic acids is 1. The number of hydrogen-bond donors (Lipinski definition) is 0. The summed E-state index contributed by atoms with van der Waals surface area (Å²) in [5, 5.41) is 0. The molecular weight excluding hydrogens is 420 g/mol. The molecular formula is C26H28N2O3S. The Labute approximate surface area is 190 Å². The van der Waals surface area contributed by atoms with Gasteiger partial charge in [-0.1, -0.05) is 48.5 Å². The summed E-state index contributed by atoms with van der Waals surface area (Å²) in [6.45, 7) is 0.745. The molecule has 3 aromatic carbocycles. The zero-order chi connectivity index (χ0) is 22.6. The Balaban J connectivity index is 1.45. The fourth-order valence-electron chi connectivity index (χ4n) is 4.25.